The van der Waals surface area contributed by atoms with Gasteiger partial charge in [0.25, 0.3) is 0 Å². The number of ether oxygens (including phenoxy) is 2. The predicted octanol–water partition coefficient (Wildman–Crippen LogP) is 7.75. The van der Waals surface area contributed by atoms with E-state index in [1.54, 1.807) is 0 Å². The van der Waals surface area contributed by atoms with E-state index in [0.717, 1.165) is 33.6 Å². The highest BCUT2D eigenvalue weighted by Crippen LogP contribution is 2.50. The van der Waals surface area contributed by atoms with Gasteiger partial charge in [0, 0.05) is 27.6 Å². The second-order valence-electron chi connectivity index (χ2n) is 7.84. The van der Waals surface area contributed by atoms with Crippen LogP contribution < -0.4 is 9.47 Å². The fourth-order valence-corrected chi connectivity index (χ4v) is 4.58. The predicted molar refractivity (Wildman–Crippen MR) is 129 cm³/mol. The van der Waals surface area contributed by atoms with Crippen LogP contribution in [0.4, 0.5) is 0 Å². The van der Waals surface area contributed by atoms with Crippen LogP contribution in [-0.4, -0.2) is 0 Å². The minimum atomic E-state index is -0.501. The molecule has 2 nitrogen and oxygen atoms in total. The van der Waals surface area contributed by atoms with Crippen LogP contribution in [0.15, 0.2) is 84.9 Å². The first-order chi connectivity index (χ1) is 15.2. The van der Waals surface area contributed by atoms with Crippen LogP contribution in [0, 0.1) is 0 Å². The van der Waals surface area contributed by atoms with Crippen molar-refractivity contribution in [3.8, 4) is 22.6 Å². The molecule has 0 saturated heterocycles. The highest BCUT2D eigenvalue weighted by atomic mass is 16.5. The maximum atomic E-state index is 6.73. The quantitative estimate of drug-likeness (QED) is 0.322. The number of rotatable bonds is 1. The first kappa shape index (κ1) is 19.4. The maximum absolute atomic E-state index is 6.73. The molecule has 6 rings (SSSR count). The highest BCUT2D eigenvalue weighted by Gasteiger charge is 2.34. The highest BCUT2D eigenvalue weighted by molar-refractivity contribution is 6.06. The van der Waals surface area contributed by atoms with Crippen molar-refractivity contribution in [2.24, 2.45) is 0 Å². The Bertz CT molecular complexity index is 1290. The Labute approximate surface area is 183 Å². The minimum Gasteiger partial charge on any atom is -0.488 e. The number of benzene rings is 4. The summed E-state index contributed by atoms with van der Waals surface area (Å²) in [5.41, 5.74) is 5.38. The zero-order valence-electron chi connectivity index (χ0n) is 18.2. The summed E-state index contributed by atoms with van der Waals surface area (Å²) in [6.45, 7) is 6.68. The molecule has 1 atom stereocenters. The summed E-state index contributed by atoms with van der Waals surface area (Å²) in [6.07, 6.45) is 4.38. The Morgan fingerprint density at radius 2 is 1.45 bits per heavy atom. The van der Waals surface area contributed by atoms with Gasteiger partial charge < -0.3 is 9.47 Å². The molecule has 2 aliphatic heterocycles. The summed E-state index contributed by atoms with van der Waals surface area (Å²) in [5, 5.41) is 2.35. The lowest BCUT2D eigenvalue weighted by Gasteiger charge is -2.35. The third kappa shape index (κ3) is 3.02. The molecule has 154 valence electrons. The van der Waals surface area contributed by atoms with Crippen LogP contribution in [0.25, 0.3) is 28.0 Å². The third-order valence-electron chi connectivity index (χ3n) is 6.07. The lowest BCUT2D eigenvalue weighted by Crippen LogP contribution is -2.29. The molecule has 0 saturated carbocycles. The van der Waals surface area contributed by atoms with Gasteiger partial charge >= 0.3 is 0 Å². The van der Waals surface area contributed by atoms with Crippen molar-refractivity contribution < 1.29 is 9.47 Å². The molecule has 4 aromatic carbocycles. The van der Waals surface area contributed by atoms with E-state index in [4.69, 9.17) is 9.47 Å². The molecule has 0 radical (unpaired) electrons. The van der Waals surface area contributed by atoms with Gasteiger partial charge in [-0.3, -0.25) is 0 Å². The Kier molecular flexibility index (Phi) is 4.78. The summed E-state index contributed by atoms with van der Waals surface area (Å²) in [7, 11) is 0. The summed E-state index contributed by atoms with van der Waals surface area (Å²) < 4.78 is 12.8. The first-order valence-electron chi connectivity index (χ1n) is 11.0. The fraction of sp³-hybridized carbons (Fsp3) is 0.172. The van der Waals surface area contributed by atoms with E-state index in [1.165, 1.54) is 16.5 Å². The molecular weight excluding hydrogens is 380 g/mol. The van der Waals surface area contributed by atoms with Gasteiger partial charge in [-0.2, -0.15) is 0 Å². The average molecular weight is 407 g/mol. The molecule has 2 heterocycles. The monoisotopic (exact) mass is 406 g/mol. The fourth-order valence-electron chi connectivity index (χ4n) is 4.58. The zero-order chi connectivity index (χ0) is 21.4. The Balaban J connectivity index is 0.000000994. The van der Waals surface area contributed by atoms with E-state index in [0.29, 0.717) is 6.61 Å². The molecule has 0 amide bonds. The number of para-hydroxylation sites is 1. The van der Waals surface area contributed by atoms with E-state index in [1.807, 2.05) is 32.0 Å². The molecule has 2 heteroatoms. The maximum Gasteiger partial charge on any atom is 0.150 e. The van der Waals surface area contributed by atoms with Crippen molar-refractivity contribution in [3.05, 3.63) is 102 Å². The second kappa shape index (κ2) is 7.63. The molecule has 2 aliphatic rings. The van der Waals surface area contributed by atoms with Crippen molar-refractivity contribution >= 4 is 16.8 Å². The minimum absolute atomic E-state index is 0.501. The lowest BCUT2D eigenvalue weighted by atomic mass is 9.84. The number of hydrogen-bond donors (Lipinski definition) is 0. The van der Waals surface area contributed by atoms with E-state index >= 15 is 0 Å². The Hall–Kier alpha value is -3.52. The zero-order valence-corrected chi connectivity index (χ0v) is 18.2. The van der Waals surface area contributed by atoms with Crippen LogP contribution in [-0.2, 0) is 12.2 Å². The molecule has 0 N–H and O–H groups in total. The van der Waals surface area contributed by atoms with Crippen LogP contribution in [0.2, 0.25) is 0 Å². The van der Waals surface area contributed by atoms with Crippen molar-refractivity contribution in [1.29, 1.82) is 0 Å². The Morgan fingerprint density at radius 1 is 0.774 bits per heavy atom. The topological polar surface area (TPSA) is 18.5 Å². The number of hydrogen-bond acceptors (Lipinski definition) is 2. The van der Waals surface area contributed by atoms with Crippen LogP contribution in [0.3, 0.4) is 0 Å². The van der Waals surface area contributed by atoms with E-state index < -0.39 is 5.60 Å². The molecule has 0 bridgehead atoms. The SMILES string of the molecule is CC.CC1(c2ccccc2)C=Cc2c3c(c4ccccc4c2O1)-c1ccccc1OC3. The molecule has 0 aliphatic carbocycles. The summed E-state index contributed by atoms with van der Waals surface area (Å²) in [4.78, 5) is 0. The van der Waals surface area contributed by atoms with Gasteiger partial charge in [-0.05, 0) is 30.0 Å². The van der Waals surface area contributed by atoms with Crippen molar-refractivity contribution in [1.82, 2.24) is 0 Å². The van der Waals surface area contributed by atoms with Crippen LogP contribution in [0.1, 0.15) is 37.5 Å². The normalized spacial score (nSPS) is 17.9. The van der Waals surface area contributed by atoms with E-state index in [2.05, 4.69) is 79.7 Å². The van der Waals surface area contributed by atoms with Gasteiger partial charge in [-0.15, -0.1) is 0 Å². The Morgan fingerprint density at radius 3 is 2.26 bits per heavy atom. The van der Waals surface area contributed by atoms with Crippen LogP contribution in [0.5, 0.6) is 11.5 Å². The first-order valence-corrected chi connectivity index (χ1v) is 11.0. The molecule has 31 heavy (non-hydrogen) atoms. The summed E-state index contributed by atoms with van der Waals surface area (Å²) >= 11 is 0. The molecular formula is C29H26O2. The smallest absolute Gasteiger partial charge is 0.150 e. The lowest BCUT2D eigenvalue weighted by molar-refractivity contribution is 0.140. The van der Waals surface area contributed by atoms with Gasteiger partial charge in [0.1, 0.15) is 23.7 Å². The summed E-state index contributed by atoms with van der Waals surface area (Å²) in [6, 6.07) is 27.2. The van der Waals surface area contributed by atoms with Gasteiger partial charge in [-0.25, -0.2) is 0 Å². The van der Waals surface area contributed by atoms with Crippen molar-refractivity contribution in [3.63, 3.8) is 0 Å². The third-order valence-corrected chi connectivity index (χ3v) is 6.07. The number of fused-ring (bicyclic) bond motifs is 8. The van der Waals surface area contributed by atoms with Gasteiger partial charge in [0.05, 0.1) is 0 Å². The second-order valence-corrected chi connectivity index (χ2v) is 7.84. The van der Waals surface area contributed by atoms with E-state index in [9.17, 15) is 0 Å². The van der Waals surface area contributed by atoms with Crippen molar-refractivity contribution in [2.75, 3.05) is 0 Å². The van der Waals surface area contributed by atoms with Crippen molar-refractivity contribution in [2.45, 2.75) is 33.0 Å². The molecule has 0 spiro atoms. The summed E-state index contributed by atoms with van der Waals surface area (Å²) in [5.74, 6) is 1.89. The van der Waals surface area contributed by atoms with Gasteiger partial charge in [-0.1, -0.05) is 92.7 Å². The van der Waals surface area contributed by atoms with Gasteiger partial charge in [0.15, 0.2) is 0 Å². The van der Waals surface area contributed by atoms with E-state index in [-0.39, 0.29) is 0 Å². The largest absolute Gasteiger partial charge is 0.488 e. The van der Waals surface area contributed by atoms with Gasteiger partial charge in [0.2, 0.25) is 0 Å². The van der Waals surface area contributed by atoms with Crippen LogP contribution >= 0.6 is 0 Å². The molecule has 0 aromatic heterocycles. The average Bonchev–Trinajstić information content (AvgIpc) is 2.85. The standard InChI is InChI=1S/C27H20O2.C2H6/c1-27(18-9-3-2-4-10-18)16-15-21-23-17-28-24-14-8-7-13-22(24)25(23)19-11-5-6-12-20(19)26(21)29-27;1-2/h2-16H,17H2,1H3;1-2H3. The molecule has 4 aromatic rings. The molecule has 1 unspecified atom stereocenters. The molecule has 0 fully saturated rings.